The second-order valence-corrected chi connectivity index (χ2v) is 8.33. The second kappa shape index (κ2) is 10.0. The summed E-state index contributed by atoms with van der Waals surface area (Å²) < 4.78 is 6.33. The number of carbonyl (C=O) groups is 1. The highest BCUT2D eigenvalue weighted by Crippen LogP contribution is 2.30. The molecule has 162 valence electrons. The lowest BCUT2D eigenvalue weighted by molar-refractivity contribution is 0.0331. The summed E-state index contributed by atoms with van der Waals surface area (Å²) in [6.45, 7) is 8.31. The Kier molecular flexibility index (Phi) is 7.45. The third-order valence-electron chi connectivity index (χ3n) is 5.73. The van der Waals surface area contributed by atoms with E-state index in [1.165, 1.54) is 0 Å². The zero-order valence-corrected chi connectivity index (χ0v) is 18.4. The van der Waals surface area contributed by atoms with E-state index < -0.39 is 0 Å². The number of pyridine rings is 1. The van der Waals surface area contributed by atoms with Crippen LogP contribution in [-0.2, 0) is 0 Å². The van der Waals surface area contributed by atoms with Gasteiger partial charge in [-0.25, -0.2) is 4.98 Å². The van der Waals surface area contributed by atoms with Gasteiger partial charge in [0.25, 0.3) is 5.91 Å². The zero-order valence-electron chi connectivity index (χ0n) is 18.4. The van der Waals surface area contributed by atoms with Gasteiger partial charge in [0, 0.05) is 30.8 Å². The number of likely N-dealkylation sites (N-methyl/N-ethyl adjacent to an activating group) is 1. The summed E-state index contributed by atoms with van der Waals surface area (Å²) in [6, 6.07) is 11.5. The van der Waals surface area contributed by atoms with Crippen molar-refractivity contribution in [3.63, 3.8) is 0 Å². The van der Waals surface area contributed by atoms with E-state index in [4.69, 9.17) is 4.74 Å². The van der Waals surface area contributed by atoms with Crippen molar-refractivity contribution in [1.82, 2.24) is 14.8 Å². The molecule has 0 saturated heterocycles. The molecule has 2 heterocycles. The van der Waals surface area contributed by atoms with Crippen LogP contribution in [0.15, 0.2) is 42.6 Å². The van der Waals surface area contributed by atoms with Gasteiger partial charge in [-0.3, -0.25) is 4.79 Å². The number of aliphatic hydroxyl groups excluding tert-OH is 1. The molecule has 30 heavy (non-hydrogen) atoms. The summed E-state index contributed by atoms with van der Waals surface area (Å²) >= 11 is 0. The van der Waals surface area contributed by atoms with Gasteiger partial charge in [0.2, 0.25) is 5.88 Å². The summed E-state index contributed by atoms with van der Waals surface area (Å²) in [5, 5.41) is 9.77. The average Bonchev–Trinajstić information content (AvgIpc) is 2.76. The Bertz CT molecular complexity index is 843. The second-order valence-electron chi connectivity index (χ2n) is 8.33. The van der Waals surface area contributed by atoms with E-state index in [2.05, 4.69) is 30.8 Å². The van der Waals surface area contributed by atoms with Gasteiger partial charge in [0.15, 0.2) is 0 Å². The van der Waals surface area contributed by atoms with Crippen molar-refractivity contribution in [3.8, 4) is 17.0 Å². The van der Waals surface area contributed by atoms with Crippen LogP contribution in [-0.4, -0.2) is 71.2 Å². The maximum absolute atomic E-state index is 13.4. The number of nitrogens with zero attached hydrogens (tertiary/aromatic N) is 3. The van der Waals surface area contributed by atoms with Crippen LogP contribution in [0.5, 0.6) is 5.88 Å². The Morgan fingerprint density at radius 2 is 2.03 bits per heavy atom. The molecule has 1 aromatic carbocycles. The summed E-state index contributed by atoms with van der Waals surface area (Å²) in [6.07, 6.45) is 2.73. The Morgan fingerprint density at radius 1 is 1.30 bits per heavy atom. The number of rotatable bonds is 7. The van der Waals surface area contributed by atoms with Crippen LogP contribution in [0.1, 0.15) is 37.6 Å². The van der Waals surface area contributed by atoms with Crippen LogP contribution in [0, 0.1) is 5.92 Å². The molecule has 0 spiro atoms. The molecular weight excluding hydrogens is 378 g/mol. The van der Waals surface area contributed by atoms with E-state index in [0.717, 1.165) is 30.6 Å². The molecular formula is C24H33N3O3. The molecule has 1 aromatic heterocycles. The fraction of sp³-hybridized carbons (Fsp3) is 0.500. The van der Waals surface area contributed by atoms with E-state index in [1.807, 2.05) is 43.3 Å². The number of hydrogen-bond donors (Lipinski definition) is 1. The first-order valence-corrected chi connectivity index (χ1v) is 10.8. The lowest BCUT2D eigenvalue weighted by atomic mass is 9.99. The number of aromatic nitrogens is 1. The Labute approximate surface area is 179 Å². The van der Waals surface area contributed by atoms with Gasteiger partial charge in [-0.05, 0) is 38.6 Å². The predicted octanol–water partition coefficient (Wildman–Crippen LogP) is 3.31. The summed E-state index contributed by atoms with van der Waals surface area (Å²) in [5.74, 6) is 0.325. The van der Waals surface area contributed by atoms with E-state index in [0.29, 0.717) is 18.0 Å². The minimum absolute atomic E-state index is 0.0825. The van der Waals surface area contributed by atoms with Gasteiger partial charge < -0.3 is 19.6 Å². The molecule has 3 atom stereocenters. The number of amides is 1. The topological polar surface area (TPSA) is 65.9 Å². The monoisotopic (exact) mass is 411 g/mol. The first-order chi connectivity index (χ1) is 14.4. The van der Waals surface area contributed by atoms with Crippen molar-refractivity contribution < 1.29 is 14.6 Å². The predicted molar refractivity (Wildman–Crippen MR) is 119 cm³/mol. The molecule has 0 unspecified atom stereocenters. The lowest BCUT2D eigenvalue weighted by Gasteiger charge is -2.37. The van der Waals surface area contributed by atoms with Crippen LogP contribution < -0.4 is 4.74 Å². The number of ether oxygens (including phenoxy) is 1. The van der Waals surface area contributed by atoms with E-state index >= 15 is 0 Å². The molecule has 0 saturated carbocycles. The summed E-state index contributed by atoms with van der Waals surface area (Å²) in [5.41, 5.74) is 2.32. The largest absolute Gasteiger partial charge is 0.472 e. The Hall–Kier alpha value is -2.44. The lowest BCUT2D eigenvalue weighted by Crippen LogP contribution is -2.50. The first-order valence-electron chi connectivity index (χ1n) is 10.8. The fourth-order valence-corrected chi connectivity index (χ4v) is 3.89. The third-order valence-corrected chi connectivity index (χ3v) is 5.73. The van der Waals surface area contributed by atoms with Gasteiger partial charge in [0.1, 0.15) is 11.7 Å². The normalized spacial score (nSPS) is 20.3. The highest BCUT2D eigenvalue weighted by atomic mass is 16.5. The molecule has 0 aliphatic carbocycles. The number of hydrogen-bond acceptors (Lipinski definition) is 5. The first kappa shape index (κ1) is 22.2. The van der Waals surface area contributed by atoms with E-state index in [-0.39, 0.29) is 30.6 Å². The smallest absolute Gasteiger partial charge is 0.259 e. The van der Waals surface area contributed by atoms with Gasteiger partial charge >= 0.3 is 0 Å². The van der Waals surface area contributed by atoms with Crippen LogP contribution in [0.25, 0.3) is 11.1 Å². The quantitative estimate of drug-likeness (QED) is 0.757. The molecule has 6 nitrogen and oxygen atoms in total. The van der Waals surface area contributed by atoms with Crippen molar-refractivity contribution in [1.29, 1.82) is 0 Å². The van der Waals surface area contributed by atoms with Crippen molar-refractivity contribution in [2.75, 3.05) is 33.3 Å². The Morgan fingerprint density at radius 3 is 2.70 bits per heavy atom. The van der Waals surface area contributed by atoms with Crippen molar-refractivity contribution in [2.24, 2.45) is 5.92 Å². The van der Waals surface area contributed by atoms with Crippen LogP contribution in [0.3, 0.4) is 0 Å². The molecule has 1 aliphatic heterocycles. The molecule has 3 rings (SSSR count). The van der Waals surface area contributed by atoms with Gasteiger partial charge in [-0.15, -0.1) is 0 Å². The highest BCUT2D eigenvalue weighted by Gasteiger charge is 2.34. The summed E-state index contributed by atoms with van der Waals surface area (Å²) in [4.78, 5) is 22.0. The molecule has 6 heteroatoms. The van der Waals surface area contributed by atoms with Gasteiger partial charge in [-0.2, -0.15) is 0 Å². The summed E-state index contributed by atoms with van der Waals surface area (Å²) in [7, 11) is 2.09. The molecule has 0 bridgehead atoms. The number of benzene rings is 1. The van der Waals surface area contributed by atoms with Crippen LogP contribution >= 0.6 is 0 Å². The maximum atomic E-state index is 13.4. The highest BCUT2D eigenvalue weighted by molar-refractivity contribution is 5.98. The van der Waals surface area contributed by atoms with E-state index in [1.54, 1.807) is 11.1 Å². The van der Waals surface area contributed by atoms with Crippen molar-refractivity contribution in [3.05, 3.63) is 48.2 Å². The number of fused-ring (bicyclic) bond motifs is 1. The molecule has 0 radical (unpaired) electrons. The standard InChI is InChI=1S/C24H33N3O3/c1-5-11-26(4)15-22-17(2)14-27(18(3)16-28)24(29)21-12-20(13-25-23(21)30-22)19-9-7-6-8-10-19/h6-10,12-13,17-18,22,28H,5,11,14-16H2,1-4H3/t17-,18-,22+/m0/s1. The zero-order chi connectivity index (χ0) is 21.7. The number of aliphatic hydroxyl groups is 1. The van der Waals surface area contributed by atoms with E-state index in [9.17, 15) is 9.90 Å². The van der Waals surface area contributed by atoms with Gasteiger partial charge in [-0.1, -0.05) is 44.2 Å². The number of carbonyl (C=O) groups excluding carboxylic acids is 1. The van der Waals surface area contributed by atoms with Gasteiger partial charge in [0.05, 0.1) is 12.6 Å². The minimum Gasteiger partial charge on any atom is -0.472 e. The third kappa shape index (κ3) is 4.99. The molecule has 1 aliphatic rings. The maximum Gasteiger partial charge on any atom is 0.259 e. The molecule has 1 amide bonds. The fourth-order valence-electron chi connectivity index (χ4n) is 3.89. The SMILES string of the molecule is CCCN(C)C[C@H]1Oc2ncc(-c3ccccc3)cc2C(=O)N([C@@H](C)CO)C[C@@H]1C. The molecule has 0 fully saturated rings. The Balaban J connectivity index is 2.01. The molecule has 2 aromatic rings. The van der Waals surface area contributed by atoms with Crippen LogP contribution in [0.2, 0.25) is 0 Å². The average molecular weight is 412 g/mol. The van der Waals surface area contributed by atoms with Crippen molar-refractivity contribution >= 4 is 5.91 Å². The molecule has 1 N–H and O–H groups in total. The van der Waals surface area contributed by atoms with Crippen LogP contribution in [0.4, 0.5) is 0 Å². The minimum atomic E-state index is -0.277. The van der Waals surface area contributed by atoms with Crippen molar-refractivity contribution in [2.45, 2.75) is 39.3 Å².